The van der Waals surface area contributed by atoms with Gasteiger partial charge in [0, 0.05) is 17.1 Å². The van der Waals surface area contributed by atoms with Gasteiger partial charge in [-0.2, -0.15) is 0 Å². The van der Waals surface area contributed by atoms with Crippen molar-refractivity contribution in [3.63, 3.8) is 0 Å². The molecule has 54 heavy (non-hydrogen) atoms. The highest BCUT2D eigenvalue weighted by Crippen LogP contribution is 2.65. The smallest absolute Gasteiger partial charge is 0.0803 e. The van der Waals surface area contributed by atoms with Crippen LogP contribution in [0.5, 0.6) is 0 Å². The summed E-state index contributed by atoms with van der Waals surface area (Å²) < 4.78 is 0. The first kappa shape index (κ1) is 31.3. The number of benzene rings is 9. The first-order valence-electron chi connectivity index (χ1n) is 19.1. The Labute approximate surface area is 317 Å². The summed E-state index contributed by atoms with van der Waals surface area (Å²) in [6.07, 6.45) is 0. The van der Waals surface area contributed by atoms with Gasteiger partial charge in [0.05, 0.1) is 13.5 Å². The average Bonchev–Trinajstić information content (AvgIpc) is 3.68. The zero-order chi connectivity index (χ0) is 36.2. The second kappa shape index (κ2) is 11.4. The maximum Gasteiger partial charge on any atom is 0.0803 e. The van der Waals surface area contributed by atoms with Gasteiger partial charge in [0.1, 0.15) is 0 Å². The summed E-state index contributed by atoms with van der Waals surface area (Å²) >= 11 is 0. The second-order valence-corrected chi connectivity index (χ2v) is 21.1. The molecule has 256 valence electrons. The molecule has 9 aromatic rings. The van der Waals surface area contributed by atoms with Gasteiger partial charge in [0.2, 0.25) is 0 Å². The van der Waals surface area contributed by atoms with Crippen LogP contribution in [0.1, 0.15) is 22.3 Å². The highest BCUT2D eigenvalue weighted by molar-refractivity contribution is 6.89. The van der Waals surface area contributed by atoms with Gasteiger partial charge in [-0.15, -0.1) is 0 Å². The molecule has 0 bridgehead atoms. The lowest BCUT2D eigenvalue weighted by Crippen LogP contribution is -2.40. The predicted molar refractivity (Wildman–Crippen MR) is 233 cm³/mol. The van der Waals surface area contributed by atoms with E-state index < -0.39 is 13.5 Å². The molecule has 2 aliphatic carbocycles. The number of hydrogen-bond donors (Lipinski definition) is 0. The highest BCUT2D eigenvalue weighted by atomic mass is 28.3. The molecule has 9 aromatic carbocycles. The Balaban J connectivity index is 1.26. The van der Waals surface area contributed by atoms with Crippen LogP contribution in [0.3, 0.4) is 0 Å². The monoisotopic (exact) mass is 705 g/mol. The molecule has 2 heteroatoms. The maximum atomic E-state index is 2.55. The predicted octanol–water partition coefficient (Wildman–Crippen LogP) is 13.5. The molecule has 0 atom stereocenters. The molecule has 0 radical (unpaired) electrons. The van der Waals surface area contributed by atoms with Crippen molar-refractivity contribution in [2.24, 2.45) is 0 Å². The molecule has 2 aliphatic rings. The zero-order valence-electron chi connectivity index (χ0n) is 30.8. The van der Waals surface area contributed by atoms with Crippen LogP contribution in [-0.4, -0.2) is 8.07 Å². The number of anilines is 3. The van der Waals surface area contributed by atoms with Crippen LogP contribution in [0.25, 0.3) is 54.6 Å². The van der Waals surface area contributed by atoms with Gasteiger partial charge in [-0.1, -0.05) is 159 Å². The quantitative estimate of drug-likeness (QED) is 0.130. The van der Waals surface area contributed by atoms with E-state index in [0.29, 0.717) is 0 Å². The molecule has 0 aliphatic heterocycles. The van der Waals surface area contributed by atoms with Crippen molar-refractivity contribution in [2.45, 2.75) is 25.1 Å². The van der Waals surface area contributed by atoms with Crippen molar-refractivity contribution < 1.29 is 0 Å². The van der Waals surface area contributed by atoms with Gasteiger partial charge in [-0.05, 0) is 124 Å². The summed E-state index contributed by atoms with van der Waals surface area (Å²) in [4.78, 5) is 2.48. The van der Waals surface area contributed by atoms with E-state index in [1.807, 2.05) is 0 Å². The van der Waals surface area contributed by atoms with Crippen molar-refractivity contribution in [3.05, 3.63) is 204 Å². The van der Waals surface area contributed by atoms with E-state index >= 15 is 0 Å². The second-order valence-electron chi connectivity index (χ2n) is 16.0. The molecule has 1 spiro atoms. The van der Waals surface area contributed by atoms with Crippen LogP contribution in [-0.2, 0) is 5.41 Å². The van der Waals surface area contributed by atoms with Crippen LogP contribution in [0, 0.1) is 0 Å². The molecule has 1 nitrogen and oxygen atoms in total. The van der Waals surface area contributed by atoms with E-state index in [2.05, 4.69) is 207 Å². The Morgan fingerprint density at radius 3 is 1.69 bits per heavy atom. The van der Waals surface area contributed by atoms with Crippen LogP contribution >= 0.6 is 0 Å². The largest absolute Gasteiger partial charge is 0.311 e. The summed E-state index contributed by atoms with van der Waals surface area (Å²) in [7, 11) is -1.69. The molecule has 0 aromatic heterocycles. The van der Waals surface area contributed by atoms with Crippen molar-refractivity contribution in [1.82, 2.24) is 0 Å². The Kier molecular flexibility index (Phi) is 6.60. The fourth-order valence-electron chi connectivity index (χ4n) is 9.99. The van der Waals surface area contributed by atoms with Crippen LogP contribution < -0.4 is 10.1 Å². The molecule has 0 saturated heterocycles. The van der Waals surface area contributed by atoms with E-state index in [9.17, 15) is 0 Å². The topological polar surface area (TPSA) is 3.24 Å². The zero-order valence-corrected chi connectivity index (χ0v) is 31.8. The fourth-order valence-corrected chi connectivity index (χ4v) is 11.5. The summed E-state index contributed by atoms with van der Waals surface area (Å²) in [6, 6.07) is 68.6. The van der Waals surface area contributed by atoms with E-state index in [-0.39, 0.29) is 0 Å². The molecule has 11 rings (SSSR count). The van der Waals surface area contributed by atoms with E-state index in [0.717, 1.165) is 0 Å². The van der Waals surface area contributed by atoms with Gasteiger partial charge >= 0.3 is 0 Å². The Bertz CT molecular complexity index is 2940. The molecular weight excluding hydrogens is 667 g/mol. The summed E-state index contributed by atoms with van der Waals surface area (Å²) in [6.45, 7) is 7.33. The Morgan fingerprint density at radius 1 is 0.407 bits per heavy atom. The number of nitrogens with zero attached hydrogens (tertiary/aromatic N) is 1. The molecular formula is C52H39NSi. The van der Waals surface area contributed by atoms with E-state index in [4.69, 9.17) is 0 Å². The highest BCUT2D eigenvalue weighted by Gasteiger charge is 2.53. The number of rotatable bonds is 4. The summed E-state index contributed by atoms with van der Waals surface area (Å²) in [5, 5.41) is 9.23. The Morgan fingerprint density at radius 2 is 0.981 bits per heavy atom. The van der Waals surface area contributed by atoms with E-state index in [1.165, 1.54) is 99.1 Å². The maximum absolute atomic E-state index is 2.55. The third kappa shape index (κ3) is 4.20. The van der Waals surface area contributed by atoms with Gasteiger partial charge in [-0.3, -0.25) is 0 Å². The molecule has 0 fully saturated rings. The van der Waals surface area contributed by atoms with Crippen molar-refractivity contribution in [1.29, 1.82) is 0 Å². The standard InChI is InChI=1S/C52H39NSi/c1-54(2,3)49-28-16-15-27-48(49)53(36-17-5-4-6-18-36)37-30-29-34-32-44-47(33-35(34)31-37)52(45-25-13-11-21-40(45)41-22-12-14-26-46(41)52)51-43-24-10-8-20-39(43)38-19-7-9-23-42(38)50(44)51/h4-33H,1-3H3. The molecule has 0 N–H and O–H groups in total. The van der Waals surface area contributed by atoms with Crippen LogP contribution in [0.2, 0.25) is 19.6 Å². The molecule has 0 saturated carbocycles. The average molecular weight is 706 g/mol. The first-order chi connectivity index (χ1) is 26.4. The van der Waals surface area contributed by atoms with Gasteiger partial charge in [0.15, 0.2) is 0 Å². The molecule has 0 heterocycles. The third-order valence-corrected chi connectivity index (χ3v) is 14.2. The van der Waals surface area contributed by atoms with Gasteiger partial charge < -0.3 is 4.90 Å². The van der Waals surface area contributed by atoms with Crippen molar-refractivity contribution in [3.8, 4) is 22.3 Å². The number of para-hydroxylation sites is 2. The van der Waals surface area contributed by atoms with Crippen LogP contribution in [0.4, 0.5) is 17.1 Å². The fraction of sp³-hybridized carbons (Fsp3) is 0.0769. The minimum atomic E-state index is -1.69. The minimum Gasteiger partial charge on any atom is -0.311 e. The lowest BCUT2D eigenvalue weighted by atomic mass is 9.69. The first-order valence-corrected chi connectivity index (χ1v) is 22.6. The summed E-state index contributed by atoms with van der Waals surface area (Å²) in [5.74, 6) is 0. The van der Waals surface area contributed by atoms with E-state index in [1.54, 1.807) is 0 Å². The molecule has 0 amide bonds. The van der Waals surface area contributed by atoms with Crippen molar-refractivity contribution >= 4 is 62.6 Å². The summed E-state index contributed by atoms with van der Waals surface area (Å²) in [5.41, 5.74) is 14.0. The minimum absolute atomic E-state index is 0.463. The van der Waals surface area contributed by atoms with Gasteiger partial charge in [0.25, 0.3) is 0 Å². The SMILES string of the molecule is C[Si](C)(C)c1ccccc1N(c1ccccc1)c1ccc2cc3c(cc2c1)C1(c2ccccc2-c2ccccc21)c1c-3c2ccccc2c2ccccc12. The lowest BCUT2D eigenvalue weighted by Gasteiger charge is -2.32. The molecule has 0 unspecified atom stereocenters. The normalized spacial score (nSPS) is 13.6. The number of fused-ring (bicyclic) bond motifs is 16. The van der Waals surface area contributed by atoms with Crippen LogP contribution in [0.15, 0.2) is 182 Å². The van der Waals surface area contributed by atoms with Crippen molar-refractivity contribution in [2.75, 3.05) is 4.90 Å². The Hall–Kier alpha value is -6.22. The lowest BCUT2D eigenvalue weighted by molar-refractivity contribution is 0.803. The number of hydrogen-bond acceptors (Lipinski definition) is 1. The van der Waals surface area contributed by atoms with Gasteiger partial charge in [-0.25, -0.2) is 0 Å². The third-order valence-electron chi connectivity index (χ3n) is 12.1.